The van der Waals surface area contributed by atoms with Crippen LogP contribution in [0.25, 0.3) is 0 Å². The zero-order valence-corrected chi connectivity index (χ0v) is 19.7. The molecule has 0 spiro atoms. The number of ether oxygens (including phenoxy) is 1. The summed E-state index contributed by atoms with van der Waals surface area (Å²) in [7, 11) is 1.65. The molecule has 6 nitrogen and oxygen atoms in total. The zero-order valence-electron chi connectivity index (χ0n) is 17.2. The summed E-state index contributed by atoms with van der Waals surface area (Å²) in [6, 6.07) is 12.0. The monoisotopic (exact) mass is 463 g/mol. The van der Waals surface area contributed by atoms with Crippen molar-refractivity contribution in [1.29, 1.82) is 0 Å². The second-order valence-electron chi connectivity index (χ2n) is 6.69. The number of carbonyl (C=O) groups excluding carboxylic acids is 1. The number of thiophene rings is 1. The Kier molecular flexibility index (Phi) is 8.65. The van der Waals surface area contributed by atoms with Gasteiger partial charge in [-0.25, -0.2) is 0 Å². The molecule has 3 aromatic rings. The van der Waals surface area contributed by atoms with Gasteiger partial charge < -0.3 is 14.1 Å². The average Bonchev–Trinajstić information content (AvgIpc) is 3.43. The van der Waals surface area contributed by atoms with Crippen LogP contribution in [-0.2, 0) is 23.5 Å². The van der Waals surface area contributed by atoms with E-state index in [0.717, 1.165) is 17.7 Å². The molecule has 1 amide bonds. The molecule has 0 radical (unpaired) electrons. The van der Waals surface area contributed by atoms with E-state index in [0.29, 0.717) is 23.4 Å². The summed E-state index contributed by atoms with van der Waals surface area (Å²) >= 11 is 4.62. The SMILES string of the molecule is COc1ccc(CN(C(=O)CSc2nnc(CSC)o2)C(C)Cc2cccs2)cc1. The molecule has 0 aliphatic heterocycles. The highest BCUT2D eigenvalue weighted by Crippen LogP contribution is 2.22. The zero-order chi connectivity index (χ0) is 21.3. The highest BCUT2D eigenvalue weighted by atomic mass is 32.2. The van der Waals surface area contributed by atoms with Crippen molar-refractivity contribution in [2.24, 2.45) is 0 Å². The summed E-state index contributed by atoms with van der Waals surface area (Å²) in [6.45, 7) is 2.63. The van der Waals surface area contributed by atoms with Crippen LogP contribution in [0.4, 0.5) is 0 Å². The van der Waals surface area contributed by atoms with E-state index in [-0.39, 0.29) is 17.7 Å². The Balaban J connectivity index is 1.68. The standard InChI is InChI=1S/C21H25N3O3S3/c1-15(11-18-5-4-10-29-18)24(12-16-6-8-17(26-2)9-7-16)20(25)14-30-21-23-22-19(27-21)13-28-3/h4-10,15H,11-14H2,1-3H3. The summed E-state index contributed by atoms with van der Waals surface area (Å²) in [4.78, 5) is 16.3. The normalized spacial score (nSPS) is 12.0. The van der Waals surface area contributed by atoms with Gasteiger partial charge in [0.25, 0.3) is 5.22 Å². The van der Waals surface area contributed by atoms with Crippen LogP contribution >= 0.6 is 34.9 Å². The molecule has 2 aromatic heterocycles. The molecule has 160 valence electrons. The summed E-state index contributed by atoms with van der Waals surface area (Å²) in [5.41, 5.74) is 1.06. The lowest BCUT2D eigenvalue weighted by Crippen LogP contribution is -2.40. The van der Waals surface area contributed by atoms with Gasteiger partial charge in [0.1, 0.15) is 5.75 Å². The fourth-order valence-corrected chi connectivity index (χ4v) is 4.79. The summed E-state index contributed by atoms with van der Waals surface area (Å²) in [5.74, 6) is 2.36. The Hall–Kier alpha value is -1.97. The number of hydrogen-bond donors (Lipinski definition) is 0. The number of rotatable bonds is 11. The second-order valence-corrected chi connectivity index (χ2v) is 9.51. The molecule has 0 aliphatic carbocycles. The Labute approximate surface area is 189 Å². The number of methoxy groups -OCH3 is 1. The minimum atomic E-state index is 0.0458. The van der Waals surface area contributed by atoms with Crippen LogP contribution in [-0.4, -0.2) is 46.2 Å². The molecule has 0 N–H and O–H groups in total. The van der Waals surface area contributed by atoms with Crippen LogP contribution in [0.5, 0.6) is 5.75 Å². The highest BCUT2D eigenvalue weighted by molar-refractivity contribution is 7.99. The fraction of sp³-hybridized carbons (Fsp3) is 0.381. The fourth-order valence-electron chi connectivity index (χ4n) is 2.93. The van der Waals surface area contributed by atoms with Gasteiger partial charge in [0.05, 0.1) is 18.6 Å². The van der Waals surface area contributed by atoms with E-state index in [9.17, 15) is 4.79 Å². The Morgan fingerprint density at radius 2 is 2.07 bits per heavy atom. The van der Waals surface area contributed by atoms with Crippen molar-refractivity contribution in [1.82, 2.24) is 15.1 Å². The largest absolute Gasteiger partial charge is 0.497 e. The summed E-state index contributed by atoms with van der Waals surface area (Å²) < 4.78 is 10.8. The molecular formula is C21H25N3O3S3. The number of thioether (sulfide) groups is 2. The van der Waals surface area contributed by atoms with E-state index in [1.807, 2.05) is 41.5 Å². The highest BCUT2D eigenvalue weighted by Gasteiger charge is 2.22. The molecular weight excluding hydrogens is 438 g/mol. The van der Waals surface area contributed by atoms with Crippen molar-refractivity contribution in [3.05, 3.63) is 58.1 Å². The van der Waals surface area contributed by atoms with Crippen molar-refractivity contribution in [2.75, 3.05) is 19.1 Å². The van der Waals surface area contributed by atoms with Crippen molar-refractivity contribution >= 4 is 40.8 Å². The van der Waals surface area contributed by atoms with Gasteiger partial charge in [-0.3, -0.25) is 4.79 Å². The quantitative estimate of drug-likeness (QED) is 0.380. The van der Waals surface area contributed by atoms with Gasteiger partial charge in [-0.1, -0.05) is 30.0 Å². The molecule has 2 heterocycles. The molecule has 1 unspecified atom stereocenters. The maximum atomic E-state index is 13.1. The summed E-state index contributed by atoms with van der Waals surface area (Å²) in [5, 5.41) is 10.5. The van der Waals surface area contributed by atoms with Gasteiger partial charge in [0, 0.05) is 23.9 Å². The first-order valence-electron chi connectivity index (χ1n) is 9.48. The molecule has 0 fully saturated rings. The maximum absolute atomic E-state index is 13.1. The Bertz CT molecular complexity index is 913. The van der Waals surface area contributed by atoms with Crippen LogP contribution in [0, 0.1) is 0 Å². The third-order valence-electron chi connectivity index (χ3n) is 4.48. The van der Waals surface area contributed by atoms with Gasteiger partial charge in [0.2, 0.25) is 11.8 Å². The third kappa shape index (κ3) is 6.52. The average molecular weight is 464 g/mol. The van der Waals surface area contributed by atoms with Crippen LogP contribution in [0.15, 0.2) is 51.4 Å². The molecule has 9 heteroatoms. The van der Waals surface area contributed by atoms with Crippen molar-refractivity contribution in [3.8, 4) is 5.75 Å². The molecule has 3 rings (SSSR count). The number of carbonyl (C=O) groups is 1. The van der Waals surface area contributed by atoms with Crippen LogP contribution in [0.3, 0.4) is 0 Å². The van der Waals surface area contributed by atoms with Gasteiger partial charge >= 0.3 is 0 Å². The van der Waals surface area contributed by atoms with Gasteiger partial charge in [0.15, 0.2) is 0 Å². The third-order valence-corrected chi connectivity index (χ3v) is 6.71. The van der Waals surface area contributed by atoms with Crippen LogP contribution in [0.1, 0.15) is 23.3 Å². The van der Waals surface area contributed by atoms with Crippen molar-refractivity contribution in [3.63, 3.8) is 0 Å². The van der Waals surface area contributed by atoms with Crippen molar-refractivity contribution < 1.29 is 13.9 Å². The van der Waals surface area contributed by atoms with Crippen LogP contribution in [0.2, 0.25) is 0 Å². The Morgan fingerprint density at radius 1 is 1.27 bits per heavy atom. The predicted molar refractivity (Wildman–Crippen MR) is 123 cm³/mol. The number of nitrogens with zero attached hydrogens (tertiary/aromatic N) is 3. The minimum Gasteiger partial charge on any atom is -0.497 e. The van der Waals surface area contributed by atoms with E-state index in [4.69, 9.17) is 9.15 Å². The molecule has 0 saturated heterocycles. The molecule has 0 bridgehead atoms. The van der Waals surface area contributed by atoms with E-state index >= 15 is 0 Å². The lowest BCUT2D eigenvalue weighted by atomic mass is 10.1. The predicted octanol–water partition coefficient (Wildman–Crippen LogP) is 4.75. The topological polar surface area (TPSA) is 68.5 Å². The lowest BCUT2D eigenvalue weighted by Gasteiger charge is -2.29. The van der Waals surface area contributed by atoms with Gasteiger partial charge in [-0.15, -0.1) is 21.5 Å². The minimum absolute atomic E-state index is 0.0458. The van der Waals surface area contributed by atoms with Crippen LogP contribution < -0.4 is 4.74 Å². The molecule has 1 aromatic carbocycles. The first-order chi connectivity index (χ1) is 14.6. The number of aromatic nitrogens is 2. The van der Waals surface area contributed by atoms with E-state index in [1.165, 1.54) is 16.6 Å². The van der Waals surface area contributed by atoms with Crippen molar-refractivity contribution in [2.45, 2.75) is 36.9 Å². The molecule has 0 aliphatic rings. The Morgan fingerprint density at radius 3 is 2.73 bits per heavy atom. The number of benzene rings is 1. The maximum Gasteiger partial charge on any atom is 0.277 e. The first kappa shape index (κ1) is 22.7. The van der Waals surface area contributed by atoms with E-state index in [1.54, 1.807) is 30.2 Å². The molecule has 30 heavy (non-hydrogen) atoms. The molecule has 1 atom stereocenters. The number of amides is 1. The molecule has 0 saturated carbocycles. The van der Waals surface area contributed by atoms with Gasteiger partial charge in [-0.05, 0) is 42.3 Å². The lowest BCUT2D eigenvalue weighted by molar-refractivity contribution is -0.131. The summed E-state index contributed by atoms with van der Waals surface area (Å²) in [6.07, 6.45) is 2.80. The van der Waals surface area contributed by atoms with Gasteiger partial charge in [-0.2, -0.15) is 11.8 Å². The first-order valence-corrected chi connectivity index (χ1v) is 12.7. The second kappa shape index (κ2) is 11.4. The van der Waals surface area contributed by atoms with E-state index in [2.05, 4.69) is 28.6 Å². The van der Waals surface area contributed by atoms with E-state index < -0.39 is 0 Å². The smallest absolute Gasteiger partial charge is 0.277 e. The number of hydrogen-bond acceptors (Lipinski definition) is 8.